The number of carbonyl (C=O) groups is 2. The van der Waals surface area contributed by atoms with Gasteiger partial charge in [0.25, 0.3) is 11.7 Å². The number of rotatable bonds is 8. The molecule has 0 radical (unpaired) electrons. The number of likely N-dealkylation sites (tertiary alicyclic amines) is 1. The van der Waals surface area contributed by atoms with Crippen molar-refractivity contribution in [2.75, 3.05) is 26.9 Å². The normalized spacial score (nSPS) is 18.1. The predicted molar refractivity (Wildman–Crippen MR) is 112 cm³/mol. The molecule has 0 aliphatic carbocycles. The average molecular weight is 410 g/mol. The fraction of sp³-hybridized carbons (Fsp3) is 0.348. The summed E-state index contributed by atoms with van der Waals surface area (Å²) in [6, 6.07) is 9.68. The maximum absolute atomic E-state index is 12.9. The zero-order valence-corrected chi connectivity index (χ0v) is 17.4. The second kappa shape index (κ2) is 9.54. The Morgan fingerprint density at radius 1 is 1.20 bits per heavy atom. The third kappa shape index (κ3) is 4.21. The molecule has 7 heteroatoms. The van der Waals surface area contributed by atoms with Crippen molar-refractivity contribution in [2.24, 2.45) is 0 Å². The van der Waals surface area contributed by atoms with Gasteiger partial charge >= 0.3 is 0 Å². The number of ketones is 1. The van der Waals surface area contributed by atoms with Crippen molar-refractivity contribution in [3.63, 3.8) is 0 Å². The number of aryl methyl sites for hydroxylation is 1. The van der Waals surface area contributed by atoms with Crippen molar-refractivity contribution >= 4 is 17.4 Å². The lowest BCUT2D eigenvalue weighted by Gasteiger charge is -2.24. The Hall–Kier alpha value is -3.19. The second-order valence-electron chi connectivity index (χ2n) is 7.07. The highest BCUT2D eigenvalue weighted by atomic mass is 16.5. The maximum Gasteiger partial charge on any atom is 0.295 e. The molecule has 1 amide bonds. The number of carbonyl (C=O) groups excluding carboxylic acids is 2. The molecule has 1 aliphatic rings. The van der Waals surface area contributed by atoms with Gasteiger partial charge in [0.1, 0.15) is 17.6 Å². The number of aliphatic hydroxyl groups is 1. The van der Waals surface area contributed by atoms with Gasteiger partial charge < -0.3 is 19.5 Å². The number of aliphatic hydroxyl groups excluding tert-OH is 1. The predicted octanol–water partition coefficient (Wildman–Crippen LogP) is 3.25. The molecule has 0 bridgehead atoms. The first-order valence-corrected chi connectivity index (χ1v) is 9.91. The van der Waals surface area contributed by atoms with Crippen molar-refractivity contribution in [3.8, 4) is 5.75 Å². The Balaban J connectivity index is 2.08. The lowest BCUT2D eigenvalue weighted by Crippen LogP contribution is -2.33. The molecule has 2 heterocycles. The topological polar surface area (TPSA) is 89.0 Å². The van der Waals surface area contributed by atoms with Crippen molar-refractivity contribution < 1.29 is 24.2 Å². The maximum atomic E-state index is 12.9. The number of methoxy groups -OCH3 is 1. The molecule has 1 N–H and O–H groups in total. The molecule has 1 unspecified atom stereocenters. The van der Waals surface area contributed by atoms with E-state index in [9.17, 15) is 14.7 Å². The van der Waals surface area contributed by atoms with Crippen LogP contribution in [0.1, 0.15) is 36.2 Å². The largest absolute Gasteiger partial charge is 0.507 e. The number of benzene rings is 1. The van der Waals surface area contributed by atoms with Gasteiger partial charge in [0.05, 0.1) is 24.5 Å². The Morgan fingerprint density at radius 2 is 2.00 bits per heavy atom. The molecule has 30 heavy (non-hydrogen) atoms. The van der Waals surface area contributed by atoms with Gasteiger partial charge in [-0.25, -0.2) is 0 Å². The van der Waals surface area contributed by atoms with Crippen molar-refractivity contribution in [3.05, 3.63) is 65.0 Å². The summed E-state index contributed by atoms with van der Waals surface area (Å²) in [5.41, 5.74) is 1.81. The molecule has 0 spiro atoms. The van der Waals surface area contributed by atoms with Gasteiger partial charge in [0, 0.05) is 25.4 Å². The molecule has 158 valence electrons. The molecule has 1 fully saturated rings. The molecule has 1 aliphatic heterocycles. The van der Waals surface area contributed by atoms with Gasteiger partial charge in [0.15, 0.2) is 0 Å². The highest BCUT2D eigenvalue weighted by Gasteiger charge is 2.46. The van der Waals surface area contributed by atoms with Crippen LogP contribution in [-0.2, 0) is 14.3 Å². The Bertz CT molecular complexity index is 955. The van der Waals surface area contributed by atoms with E-state index in [0.717, 1.165) is 17.7 Å². The Kier molecular flexibility index (Phi) is 6.84. The van der Waals surface area contributed by atoms with Crippen LogP contribution in [0.5, 0.6) is 5.75 Å². The first-order valence-electron chi connectivity index (χ1n) is 9.91. The summed E-state index contributed by atoms with van der Waals surface area (Å²) in [5.74, 6) is -0.920. The quantitative estimate of drug-likeness (QED) is 0.408. The summed E-state index contributed by atoms with van der Waals surface area (Å²) >= 11 is 0. The van der Waals surface area contributed by atoms with Crippen LogP contribution in [0.15, 0.2) is 48.2 Å². The van der Waals surface area contributed by atoms with Crippen LogP contribution < -0.4 is 4.74 Å². The monoisotopic (exact) mass is 410 g/mol. The number of ether oxygens (including phenoxy) is 2. The van der Waals surface area contributed by atoms with Crippen LogP contribution in [-0.4, -0.2) is 53.5 Å². The lowest BCUT2D eigenvalue weighted by atomic mass is 9.97. The van der Waals surface area contributed by atoms with Crippen LogP contribution in [0.25, 0.3) is 5.76 Å². The van der Waals surface area contributed by atoms with E-state index in [-0.39, 0.29) is 24.5 Å². The second-order valence-corrected chi connectivity index (χ2v) is 7.07. The van der Waals surface area contributed by atoms with E-state index in [1.807, 2.05) is 13.8 Å². The summed E-state index contributed by atoms with van der Waals surface area (Å²) < 4.78 is 10.8. The third-order valence-electron chi connectivity index (χ3n) is 4.95. The molecule has 2 aromatic rings. The summed E-state index contributed by atoms with van der Waals surface area (Å²) in [7, 11) is 1.53. The number of Topliss-reactive ketones (excluding diaryl/α,β-unsaturated/α-hetero) is 1. The van der Waals surface area contributed by atoms with Gasteiger partial charge in [-0.2, -0.15) is 0 Å². The van der Waals surface area contributed by atoms with Crippen LogP contribution in [0.3, 0.4) is 0 Å². The zero-order valence-electron chi connectivity index (χ0n) is 17.4. The van der Waals surface area contributed by atoms with E-state index in [1.165, 1.54) is 12.0 Å². The molecular formula is C23H26N2O5. The van der Waals surface area contributed by atoms with Crippen molar-refractivity contribution in [1.82, 2.24) is 9.88 Å². The third-order valence-corrected chi connectivity index (χ3v) is 4.95. The zero-order chi connectivity index (χ0) is 21.7. The molecule has 7 nitrogen and oxygen atoms in total. The minimum atomic E-state index is -0.780. The summed E-state index contributed by atoms with van der Waals surface area (Å²) in [5, 5.41) is 11.1. The van der Waals surface area contributed by atoms with E-state index in [0.29, 0.717) is 17.9 Å². The van der Waals surface area contributed by atoms with Crippen LogP contribution in [0, 0.1) is 6.92 Å². The van der Waals surface area contributed by atoms with Crippen molar-refractivity contribution in [1.29, 1.82) is 0 Å². The summed E-state index contributed by atoms with van der Waals surface area (Å²) in [4.78, 5) is 31.3. The minimum absolute atomic E-state index is 0.0245. The Labute approximate surface area is 175 Å². The van der Waals surface area contributed by atoms with Crippen LogP contribution in [0.4, 0.5) is 0 Å². The number of hydrogen-bond acceptors (Lipinski definition) is 6. The number of pyridine rings is 1. The SMILES string of the molecule is CCCOc1ccc(/C(O)=C2/C(=O)C(=O)N(CCOC)C2c2ccccn2)cc1C. The fourth-order valence-corrected chi connectivity index (χ4v) is 3.47. The lowest BCUT2D eigenvalue weighted by molar-refractivity contribution is -0.140. The fourth-order valence-electron chi connectivity index (χ4n) is 3.47. The van der Waals surface area contributed by atoms with Gasteiger partial charge in [-0.05, 0) is 49.2 Å². The van der Waals surface area contributed by atoms with Gasteiger partial charge in [-0.3, -0.25) is 14.6 Å². The van der Waals surface area contributed by atoms with E-state index >= 15 is 0 Å². The highest BCUT2D eigenvalue weighted by Crippen LogP contribution is 2.38. The summed E-state index contributed by atoms with van der Waals surface area (Å²) in [6.07, 6.45) is 2.48. The van der Waals surface area contributed by atoms with E-state index < -0.39 is 17.7 Å². The van der Waals surface area contributed by atoms with Crippen LogP contribution >= 0.6 is 0 Å². The standard InChI is InChI=1S/C23H26N2O5/c1-4-12-30-18-9-8-16(14-15(18)2)21(26)19-20(17-7-5-6-10-24-17)25(11-13-29-3)23(28)22(19)27/h5-10,14,20,26H,4,11-13H2,1-3H3/b21-19-. The number of aromatic nitrogens is 1. The molecule has 1 aromatic heterocycles. The van der Waals surface area contributed by atoms with Crippen LogP contribution in [0.2, 0.25) is 0 Å². The first-order chi connectivity index (χ1) is 14.5. The molecular weight excluding hydrogens is 384 g/mol. The van der Waals surface area contributed by atoms with E-state index in [2.05, 4.69) is 4.98 Å². The molecule has 1 atom stereocenters. The molecule has 0 saturated carbocycles. The van der Waals surface area contributed by atoms with Gasteiger partial charge in [0.2, 0.25) is 0 Å². The smallest absolute Gasteiger partial charge is 0.295 e. The van der Waals surface area contributed by atoms with E-state index in [1.54, 1.807) is 42.6 Å². The van der Waals surface area contributed by atoms with Crippen molar-refractivity contribution in [2.45, 2.75) is 26.3 Å². The summed E-state index contributed by atoms with van der Waals surface area (Å²) in [6.45, 7) is 4.96. The molecule has 3 rings (SSSR count). The number of amides is 1. The average Bonchev–Trinajstić information content (AvgIpc) is 3.01. The number of hydrogen-bond donors (Lipinski definition) is 1. The molecule has 1 aromatic carbocycles. The number of nitrogens with zero attached hydrogens (tertiary/aromatic N) is 2. The highest BCUT2D eigenvalue weighted by molar-refractivity contribution is 6.46. The first kappa shape index (κ1) is 21.5. The van der Waals surface area contributed by atoms with E-state index in [4.69, 9.17) is 9.47 Å². The minimum Gasteiger partial charge on any atom is -0.507 e. The van der Waals surface area contributed by atoms with Gasteiger partial charge in [-0.1, -0.05) is 13.0 Å². The Morgan fingerprint density at radius 3 is 2.63 bits per heavy atom. The molecule has 1 saturated heterocycles. The van der Waals surface area contributed by atoms with Gasteiger partial charge in [-0.15, -0.1) is 0 Å².